The minimum atomic E-state index is -0.290. The molecule has 5 nitrogen and oxygen atoms in total. The second kappa shape index (κ2) is 7.61. The van der Waals surface area contributed by atoms with Gasteiger partial charge in [0.2, 0.25) is 0 Å². The molecule has 2 heterocycles. The van der Waals surface area contributed by atoms with Crippen LogP contribution in [0.1, 0.15) is 6.42 Å². The maximum Gasteiger partial charge on any atom is 0.163 e. The van der Waals surface area contributed by atoms with Gasteiger partial charge in [-0.05, 0) is 42.8 Å². The molecule has 0 unspecified atom stereocenters. The maximum atomic E-state index is 13.2. The van der Waals surface area contributed by atoms with Crippen molar-refractivity contribution in [2.45, 2.75) is 6.42 Å². The molecule has 0 aliphatic rings. The van der Waals surface area contributed by atoms with Gasteiger partial charge in [-0.3, -0.25) is 4.98 Å². The van der Waals surface area contributed by atoms with Gasteiger partial charge in [0.25, 0.3) is 0 Å². The van der Waals surface area contributed by atoms with Gasteiger partial charge in [0.1, 0.15) is 11.6 Å². The average Bonchev–Trinajstić information content (AvgIpc) is 2.63. The van der Waals surface area contributed by atoms with Gasteiger partial charge < -0.3 is 10.4 Å². The van der Waals surface area contributed by atoms with Gasteiger partial charge >= 0.3 is 0 Å². The summed E-state index contributed by atoms with van der Waals surface area (Å²) in [5.74, 6) is 0.898. The van der Waals surface area contributed by atoms with E-state index in [0.717, 1.165) is 11.1 Å². The highest BCUT2D eigenvalue weighted by Crippen LogP contribution is 2.24. The molecule has 122 valence electrons. The Morgan fingerprint density at radius 1 is 1.04 bits per heavy atom. The van der Waals surface area contributed by atoms with E-state index < -0.39 is 0 Å². The molecule has 0 saturated carbocycles. The lowest BCUT2D eigenvalue weighted by Crippen LogP contribution is -2.06. The molecule has 0 aliphatic carbocycles. The Morgan fingerprint density at radius 3 is 2.58 bits per heavy atom. The van der Waals surface area contributed by atoms with Crippen LogP contribution in [-0.4, -0.2) is 33.2 Å². The highest BCUT2D eigenvalue weighted by atomic mass is 19.1. The molecular weight excluding hydrogens is 307 g/mol. The van der Waals surface area contributed by atoms with Gasteiger partial charge in [-0.25, -0.2) is 14.4 Å². The van der Waals surface area contributed by atoms with Crippen molar-refractivity contribution in [1.29, 1.82) is 0 Å². The minimum absolute atomic E-state index is 0.109. The number of nitrogens with one attached hydrogen (secondary N) is 1. The molecule has 2 N–H and O–H groups in total. The Morgan fingerprint density at radius 2 is 1.88 bits per heavy atom. The third kappa shape index (κ3) is 3.91. The number of pyridine rings is 1. The second-order valence-corrected chi connectivity index (χ2v) is 5.21. The summed E-state index contributed by atoms with van der Waals surface area (Å²) in [6.45, 7) is 0.710. The number of halogens is 1. The fraction of sp³-hybridized carbons (Fsp3) is 0.167. The highest BCUT2D eigenvalue weighted by Gasteiger charge is 2.09. The number of nitrogens with zero attached hydrogens (tertiary/aromatic N) is 3. The van der Waals surface area contributed by atoms with E-state index in [1.165, 1.54) is 12.1 Å². The summed E-state index contributed by atoms with van der Waals surface area (Å²) in [5, 5.41) is 12.1. The number of aromatic nitrogens is 3. The molecule has 0 saturated heterocycles. The van der Waals surface area contributed by atoms with E-state index in [1.807, 2.05) is 18.2 Å². The minimum Gasteiger partial charge on any atom is -0.396 e. The van der Waals surface area contributed by atoms with E-state index in [2.05, 4.69) is 20.3 Å². The molecule has 2 aromatic heterocycles. The Labute approximate surface area is 139 Å². The summed E-state index contributed by atoms with van der Waals surface area (Å²) in [5.41, 5.74) is 2.29. The zero-order chi connectivity index (χ0) is 16.8. The SMILES string of the molecule is OCCCNc1cc(-c2ccc(F)cc2)nc(-c2cccnc2)n1. The van der Waals surface area contributed by atoms with E-state index in [0.29, 0.717) is 30.3 Å². The normalized spacial score (nSPS) is 10.6. The van der Waals surface area contributed by atoms with Crippen molar-refractivity contribution in [1.82, 2.24) is 15.0 Å². The van der Waals surface area contributed by atoms with Crippen LogP contribution >= 0.6 is 0 Å². The first-order valence-corrected chi connectivity index (χ1v) is 7.66. The predicted molar refractivity (Wildman–Crippen MR) is 90.8 cm³/mol. The fourth-order valence-corrected chi connectivity index (χ4v) is 2.23. The van der Waals surface area contributed by atoms with Gasteiger partial charge in [-0.2, -0.15) is 0 Å². The first-order chi connectivity index (χ1) is 11.8. The Hall–Kier alpha value is -2.86. The smallest absolute Gasteiger partial charge is 0.163 e. The summed E-state index contributed by atoms with van der Waals surface area (Å²) in [4.78, 5) is 13.2. The van der Waals surface area contributed by atoms with E-state index in [-0.39, 0.29) is 12.4 Å². The first-order valence-electron chi connectivity index (χ1n) is 7.66. The standard InChI is InChI=1S/C18H17FN4O/c19-15-6-4-13(5-7-15)16-11-17(21-9-2-10-24)23-18(22-16)14-3-1-8-20-12-14/h1,3-8,11-12,24H,2,9-10H2,(H,21,22,23). The number of aliphatic hydroxyl groups is 1. The molecule has 6 heteroatoms. The van der Waals surface area contributed by atoms with Crippen LogP contribution in [0.3, 0.4) is 0 Å². The molecule has 0 atom stereocenters. The van der Waals surface area contributed by atoms with Crippen molar-refractivity contribution in [2.24, 2.45) is 0 Å². The van der Waals surface area contributed by atoms with Crippen molar-refractivity contribution in [3.63, 3.8) is 0 Å². The van der Waals surface area contributed by atoms with Gasteiger partial charge in [0, 0.05) is 42.7 Å². The van der Waals surface area contributed by atoms with E-state index in [9.17, 15) is 4.39 Å². The lowest BCUT2D eigenvalue weighted by Gasteiger charge is -2.10. The van der Waals surface area contributed by atoms with Gasteiger partial charge in [0.15, 0.2) is 5.82 Å². The lowest BCUT2D eigenvalue weighted by atomic mass is 10.1. The number of hydrogen-bond donors (Lipinski definition) is 2. The summed E-state index contributed by atoms with van der Waals surface area (Å²) >= 11 is 0. The Bertz CT molecular complexity index is 794. The zero-order valence-corrected chi connectivity index (χ0v) is 13.0. The zero-order valence-electron chi connectivity index (χ0n) is 13.0. The predicted octanol–water partition coefficient (Wildman–Crippen LogP) is 3.14. The molecule has 3 rings (SSSR count). The summed E-state index contributed by atoms with van der Waals surface area (Å²) in [6.07, 6.45) is 4.01. The van der Waals surface area contributed by atoms with E-state index >= 15 is 0 Å². The van der Waals surface area contributed by atoms with Crippen molar-refractivity contribution >= 4 is 5.82 Å². The third-order valence-electron chi connectivity index (χ3n) is 3.43. The van der Waals surface area contributed by atoms with Gasteiger partial charge in [-0.15, -0.1) is 0 Å². The van der Waals surface area contributed by atoms with Crippen LogP contribution in [0.25, 0.3) is 22.6 Å². The molecule has 0 spiro atoms. The van der Waals surface area contributed by atoms with Crippen molar-refractivity contribution < 1.29 is 9.50 Å². The molecule has 3 aromatic rings. The lowest BCUT2D eigenvalue weighted by molar-refractivity contribution is 0.292. The van der Waals surface area contributed by atoms with Crippen LogP contribution in [0.4, 0.5) is 10.2 Å². The topological polar surface area (TPSA) is 70.9 Å². The van der Waals surface area contributed by atoms with Crippen LogP contribution in [0, 0.1) is 5.82 Å². The maximum absolute atomic E-state index is 13.2. The molecule has 0 amide bonds. The largest absolute Gasteiger partial charge is 0.396 e. The fourth-order valence-electron chi connectivity index (χ4n) is 2.23. The van der Waals surface area contributed by atoms with Crippen molar-refractivity contribution in [3.05, 3.63) is 60.7 Å². The van der Waals surface area contributed by atoms with Crippen LogP contribution in [0.5, 0.6) is 0 Å². The first kappa shape index (κ1) is 16.0. The molecule has 0 fully saturated rings. The number of rotatable bonds is 6. The van der Waals surface area contributed by atoms with Crippen LogP contribution < -0.4 is 5.32 Å². The van der Waals surface area contributed by atoms with Crippen LogP contribution in [0.15, 0.2) is 54.9 Å². The molecule has 1 aromatic carbocycles. The number of hydrogen-bond acceptors (Lipinski definition) is 5. The molecular formula is C18H17FN4O. The number of anilines is 1. The number of benzene rings is 1. The third-order valence-corrected chi connectivity index (χ3v) is 3.43. The monoisotopic (exact) mass is 324 g/mol. The summed E-state index contributed by atoms with van der Waals surface area (Å²) in [6, 6.07) is 11.7. The van der Waals surface area contributed by atoms with Gasteiger partial charge in [0.05, 0.1) is 5.69 Å². The Kier molecular flexibility index (Phi) is 5.08. The quantitative estimate of drug-likeness (QED) is 0.682. The van der Waals surface area contributed by atoms with Crippen LogP contribution in [0.2, 0.25) is 0 Å². The van der Waals surface area contributed by atoms with Crippen LogP contribution in [-0.2, 0) is 0 Å². The number of aliphatic hydroxyl groups excluding tert-OH is 1. The molecule has 24 heavy (non-hydrogen) atoms. The summed E-state index contributed by atoms with van der Waals surface area (Å²) in [7, 11) is 0. The van der Waals surface area contributed by atoms with E-state index in [4.69, 9.17) is 5.11 Å². The Balaban J connectivity index is 2.00. The van der Waals surface area contributed by atoms with Crippen molar-refractivity contribution in [3.8, 4) is 22.6 Å². The molecule has 0 aliphatic heterocycles. The van der Waals surface area contributed by atoms with E-state index in [1.54, 1.807) is 24.5 Å². The van der Waals surface area contributed by atoms with Crippen molar-refractivity contribution in [2.75, 3.05) is 18.5 Å². The highest BCUT2D eigenvalue weighted by molar-refractivity contribution is 5.67. The molecule has 0 bridgehead atoms. The average molecular weight is 324 g/mol. The molecule has 0 radical (unpaired) electrons. The van der Waals surface area contributed by atoms with Gasteiger partial charge in [-0.1, -0.05) is 0 Å². The summed E-state index contributed by atoms with van der Waals surface area (Å²) < 4.78 is 13.2. The second-order valence-electron chi connectivity index (χ2n) is 5.21.